The monoisotopic (exact) mass is 530 g/mol. The Morgan fingerprint density at radius 1 is 0.677 bits per heavy atom. The Bertz CT molecular complexity index is 920. The zero-order valence-electron chi connectivity index (χ0n) is 19.2. The fourth-order valence-electron chi connectivity index (χ4n) is 6.32. The molecule has 0 bridgehead atoms. The van der Waals surface area contributed by atoms with Crippen molar-refractivity contribution in [1.29, 1.82) is 0 Å². The van der Waals surface area contributed by atoms with Gasteiger partial charge in [0.1, 0.15) is 0 Å². The smallest absolute Gasteiger partial charge is 1.00 e. The summed E-state index contributed by atoms with van der Waals surface area (Å²) in [5, 5.41) is 0. The SMILES string of the molecule is CC(C)CC1=Cc2ccccc2[CH]1[Zr+2]1([CH]2C(CC(C)C)=Cc3ccccc32)[CH2][CH2]1.[Cl-].[Cl-]. The van der Waals surface area contributed by atoms with Gasteiger partial charge >= 0.3 is 182 Å². The average Bonchev–Trinajstić information content (AvgIpc) is 3.23. The van der Waals surface area contributed by atoms with E-state index in [1.165, 1.54) is 24.0 Å². The van der Waals surface area contributed by atoms with Crippen molar-refractivity contribution in [2.45, 2.75) is 56.0 Å². The van der Waals surface area contributed by atoms with Crippen molar-refractivity contribution < 1.29 is 45.1 Å². The van der Waals surface area contributed by atoms with Crippen LogP contribution >= 0.6 is 0 Å². The van der Waals surface area contributed by atoms with Crippen LogP contribution in [0, 0.1) is 11.8 Å². The van der Waals surface area contributed by atoms with Gasteiger partial charge in [-0.1, -0.05) is 0 Å². The van der Waals surface area contributed by atoms with Crippen LogP contribution < -0.4 is 24.8 Å². The molecule has 3 heteroatoms. The Kier molecular flexibility index (Phi) is 7.83. The number of allylic oxidation sites excluding steroid dienone is 2. The first-order valence-electron chi connectivity index (χ1n) is 11.6. The second kappa shape index (κ2) is 9.71. The zero-order valence-corrected chi connectivity index (χ0v) is 23.1. The van der Waals surface area contributed by atoms with Crippen LogP contribution in [0.5, 0.6) is 0 Å². The van der Waals surface area contributed by atoms with Crippen LogP contribution in [0.1, 0.15) is 70.0 Å². The molecular formula is C28H34Cl2Zr. The van der Waals surface area contributed by atoms with Crippen molar-refractivity contribution in [2.75, 3.05) is 0 Å². The van der Waals surface area contributed by atoms with Crippen LogP contribution in [0.25, 0.3) is 12.2 Å². The molecule has 2 aliphatic carbocycles. The standard InChI is InChI=1S/2C13H15.C2H4.2ClH.Zr/c2*1-10(2)7-11-8-12-5-3-4-6-13(12)9-11;1-2;;;/h2*3-6,8-10H,7H2,1-2H3;1-2H2;2*1H;/q;;;;;+2/p-2. The minimum atomic E-state index is -2.44. The van der Waals surface area contributed by atoms with Gasteiger partial charge in [0.15, 0.2) is 0 Å². The molecular weight excluding hydrogens is 498 g/mol. The van der Waals surface area contributed by atoms with Crippen LogP contribution in [0.2, 0.25) is 8.26 Å². The average molecular weight is 533 g/mol. The third-order valence-corrected chi connectivity index (χ3v) is 20.4. The van der Waals surface area contributed by atoms with Crippen molar-refractivity contribution >= 4 is 12.2 Å². The van der Waals surface area contributed by atoms with Gasteiger partial charge in [0.25, 0.3) is 0 Å². The number of halogens is 2. The molecule has 0 spiro atoms. The third kappa shape index (κ3) is 4.45. The second-order valence-corrected chi connectivity index (χ2v) is 21.9. The molecule has 1 aliphatic heterocycles. The van der Waals surface area contributed by atoms with Gasteiger partial charge in [0.2, 0.25) is 0 Å². The van der Waals surface area contributed by atoms with Gasteiger partial charge in [0, 0.05) is 0 Å². The quantitative estimate of drug-likeness (QED) is 0.536. The van der Waals surface area contributed by atoms with Crippen LogP contribution in [0.15, 0.2) is 59.7 Å². The minimum Gasteiger partial charge on any atom is -1.00 e. The third-order valence-electron chi connectivity index (χ3n) is 7.30. The normalized spacial score (nSPS) is 21.2. The van der Waals surface area contributed by atoms with Crippen LogP contribution in [-0.4, -0.2) is 0 Å². The van der Waals surface area contributed by atoms with E-state index >= 15 is 0 Å². The van der Waals surface area contributed by atoms with E-state index in [0.29, 0.717) is 0 Å². The predicted octanol–water partition coefficient (Wildman–Crippen LogP) is 2.37. The molecule has 0 N–H and O–H groups in total. The Balaban J connectivity index is 0.00000136. The van der Waals surface area contributed by atoms with Gasteiger partial charge in [-0.25, -0.2) is 0 Å². The summed E-state index contributed by atoms with van der Waals surface area (Å²) in [5.41, 5.74) is 9.98. The van der Waals surface area contributed by atoms with E-state index < -0.39 is 20.3 Å². The van der Waals surface area contributed by atoms with E-state index in [2.05, 4.69) is 88.4 Å². The van der Waals surface area contributed by atoms with E-state index in [1.807, 2.05) is 0 Å². The Morgan fingerprint density at radius 3 is 1.42 bits per heavy atom. The summed E-state index contributed by atoms with van der Waals surface area (Å²) in [6.45, 7) is 9.58. The maximum atomic E-state index is 2.59. The van der Waals surface area contributed by atoms with Crippen LogP contribution in [0.3, 0.4) is 0 Å². The molecule has 0 saturated carbocycles. The Labute approximate surface area is 205 Å². The maximum Gasteiger partial charge on any atom is -1.00 e. The summed E-state index contributed by atoms with van der Waals surface area (Å²) < 4.78 is 4.74. The zero-order chi connectivity index (χ0) is 20.2. The van der Waals surface area contributed by atoms with Crippen molar-refractivity contribution in [3.05, 3.63) is 81.9 Å². The largest absolute Gasteiger partial charge is 1.00 e. The summed E-state index contributed by atoms with van der Waals surface area (Å²) in [6.07, 6.45) is 7.72. The predicted molar refractivity (Wildman–Crippen MR) is 123 cm³/mol. The van der Waals surface area contributed by atoms with E-state index in [9.17, 15) is 0 Å². The number of rotatable bonds is 6. The molecule has 1 saturated heterocycles. The first-order chi connectivity index (χ1) is 14.0. The van der Waals surface area contributed by atoms with Crippen molar-refractivity contribution in [3.8, 4) is 0 Å². The maximum absolute atomic E-state index is 2.59. The Morgan fingerprint density at radius 2 is 1.06 bits per heavy atom. The topological polar surface area (TPSA) is 0 Å². The molecule has 0 radical (unpaired) electrons. The molecule has 164 valence electrons. The molecule has 0 amide bonds. The first kappa shape index (κ1) is 25.0. The molecule has 2 atom stereocenters. The van der Waals surface area contributed by atoms with Crippen molar-refractivity contribution in [2.24, 2.45) is 11.8 Å². The molecule has 2 aromatic rings. The number of hydrogen-bond donors (Lipinski definition) is 0. The fourth-order valence-corrected chi connectivity index (χ4v) is 23.8. The number of hydrogen-bond acceptors (Lipinski definition) is 0. The van der Waals surface area contributed by atoms with Crippen LogP contribution in [0.4, 0.5) is 0 Å². The molecule has 5 rings (SSSR count). The second-order valence-electron chi connectivity index (χ2n) is 10.5. The summed E-state index contributed by atoms with van der Waals surface area (Å²) in [4.78, 5) is 0. The van der Waals surface area contributed by atoms with E-state index in [4.69, 9.17) is 0 Å². The van der Waals surface area contributed by atoms with Gasteiger partial charge in [-0.15, -0.1) is 0 Å². The fraction of sp³-hybridized carbons (Fsp3) is 0.429. The molecule has 1 heterocycles. The van der Waals surface area contributed by atoms with E-state index in [1.54, 1.807) is 30.5 Å². The van der Waals surface area contributed by atoms with Crippen molar-refractivity contribution in [1.82, 2.24) is 0 Å². The molecule has 2 unspecified atom stereocenters. The van der Waals surface area contributed by atoms with Gasteiger partial charge < -0.3 is 24.8 Å². The van der Waals surface area contributed by atoms with Gasteiger partial charge in [-0.05, 0) is 0 Å². The summed E-state index contributed by atoms with van der Waals surface area (Å²) >= 11 is -2.44. The number of fused-ring (bicyclic) bond motifs is 2. The summed E-state index contributed by atoms with van der Waals surface area (Å²) in [6, 6.07) is 18.7. The number of benzene rings is 2. The van der Waals surface area contributed by atoms with E-state index in [-0.39, 0.29) is 24.8 Å². The Hall–Kier alpha value is -0.617. The summed E-state index contributed by atoms with van der Waals surface area (Å²) in [7, 11) is 0. The molecule has 1 fully saturated rings. The van der Waals surface area contributed by atoms with Gasteiger partial charge in [-0.2, -0.15) is 0 Å². The minimum absolute atomic E-state index is 0. The molecule has 31 heavy (non-hydrogen) atoms. The first-order valence-corrected chi connectivity index (χ1v) is 17.9. The van der Waals surface area contributed by atoms with Gasteiger partial charge in [-0.3, -0.25) is 0 Å². The molecule has 3 aliphatic rings. The molecule has 0 aromatic heterocycles. The summed E-state index contributed by atoms with van der Waals surface area (Å²) in [5.74, 6) is 1.48. The van der Waals surface area contributed by atoms with Crippen LogP contribution in [-0.2, 0) is 20.3 Å². The molecule has 2 aromatic carbocycles. The van der Waals surface area contributed by atoms with Gasteiger partial charge in [0.05, 0.1) is 0 Å². The van der Waals surface area contributed by atoms with E-state index in [0.717, 1.165) is 19.1 Å². The molecule has 0 nitrogen and oxygen atoms in total. The van der Waals surface area contributed by atoms with Crippen molar-refractivity contribution in [3.63, 3.8) is 0 Å².